The van der Waals surface area contributed by atoms with E-state index >= 15 is 0 Å². The van der Waals surface area contributed by atoms with Crippen molar-refractivity contribution in [3.05, 3.63) is 35.7 Å². The third-order valence-electron chi connectivity index (χ3n) is 5.55. The quantitative estimate of drug-likeness (QED) is 0.467. The number of hydrogen-bond acceptors (Lipinski definition) is 8. The smallest absolute Gasteiger partial charge is 0.273 e. The number of alkyl halides is 2. The van der Waals surface area contributed by atoms with E-state index < -0.39 is 23.9 Å². The first kappa shape index (κ1) is 21.4. The number of carbonyl (C=O) groups excluding carboxylic acids is 1. The number of nitrogens with one attached hydrogen (secondary N) is 2. The Morgan fingerprint density at radius 2 is 2.16 bits per heavy atom. The zero-order chi connectivity index (χ0) is 23.0. The molecule has 2 atom stereocenters. The zero-order valence-electron chi connectivity index (χ0n) is 17.1. The van der Waals surface area contributed by atoms with Crippen LogP contribution in [-0.2, 0) is 7.05 Å². The van der Waals surface area contributed by atoms with Crippen LogP contribution in [-0.4, -0.2) is 43.7 Å². The number of rotatable bonds is 5. The Bertz CT molecular complexity index is 1230. The average Bonchev–Trinajstić information content (AvgIpc) is 3.06. The Labute approximate surface area is 181 Å². The monoisotopic (exact) mass is 441 g/mol. The van der Waals surface area contributed by atoms with Crippen LogP contribution >= 0.6 is 0 Å². The maximum Gasteiger partial charge on any atom is 0.273 e. The van der Waals surface area contributed by atoms with Crippen molar-refractivity contribution < 1.29 is 13.6 Å². The van der Waals surface area contributed by atoms with Gasteiger partial charge in [0.1, 0.15) is 6.07 Å². The summed E-state index contributed by atoms with van der Waals surface area (Å²) in [4.78, 5) is 16.1. The second-order valence-electron chi connectivity index (χ2n) is 7.75. The normalized spacial score (nSPS) is 20.0. The molecule has 1 amide bonds. The molecule has 0 bridgehead atoms. The fourth-order valence-electron chi connectivity index (χ4n) is 3.85. The van der Waals surface area contributed by atoms with Gasteiger partial charge in [0.15, 0.2) is 11.5 Å². The zero-order valence-corrected chi connectivity index (χ0v) is 17.1. The highest BCUT2D eigenvalue weighted by molar-refractivity contribution is 5.96. The molecule has 6 N–H and O–H groups in total. The molecule has 1 fully saturated rings. The van der Waals surface area contributed by atoms with Gasteiger partial charge in [0.2, 0.25) is 5.95 Å². The van der Waals surface area contributed by atoms with Crippen LogP contribution in [0.3, 0.4) is 0 Å². The average molecular weight is 441 g/mol. The lowest BCUT2D eigenvalue weighted by molar-refractivity contribution is -0.0555. The first-order chi connectivity index (χ1) is 15.2. The van der Waals surface area contributed by atoms with E-state index in [1.807, 2.05) is 0 Å². The molecule has 2 aromatic heterocycles. The van der Waals surface area contributed by atoms with Crippen LogP contribution in [0.15, 0.2) is 24.4 Å². The predicted molar refractivity (Wildman–Crippen MR) is 113 cm³/mol. The van der Waals surface area contributed by atoms with E-state index in [0.29, 0.717) is 24.1 Å². The summed E-state index contributed by atoms with van der Waals surface area (Å²) in [5.41, 5.74) is 12.8. The molecule has 0 aliphatic heterocycles. The summed E-state index contributed by atoms with van der Waals surface area (Å²) in [7, 11) is 1.80. The number of nitriles is 1. The second-order valence-corrected chi connectivity index (χ2v) is 7.75. The van der Waals surface area contributed by atoms with E-state index in [9.17, 15) is 18.8 Å². The van der Waals surface area contributed by atoms with Gasteiger partial charge in [0.25, 0.3) is 11.8 Å². The number of aryl methyl sites for hydroxylation is 1. The van der Waals surface area contributed by atoms with E-state index in [4.69, 9.17) is 11.5 Å². The van der Waals surface area contributed by atoms with Gasteiger partial charge < -0.3 is 26.7 Å². The number of carbonyl (C=O) groups is 1. The maximum atomic E-state index is 14.0. The molecule has 32 heavy (non-hydrogen) atoms. The minimum Gasteiger partial charge on any atom is -0.364 e. The molecule has 12 heteroatoms. The topological polar surface area (TPSA) is 161 Å². The lowest BCUT2D eigenvalue weighted by atomic mass is 9.87. The number of primary amides is 1. The van der Waals surface area contributed by atoms with Crippen molar-refractivity contribution in [1.29, 1.82) is 5.26 Å². The van der Waals surface area contributed by atoms with Crippen molar-refractivity contribution in [2.75, 3.05) is 10.6 Å². The highest BCUT2D eigenvalue weighted by atomic mass is 19.3. The van der Waals surface area contributed by atoms with Gasteiger partial charge in [-0.25, -0.2) is 8.78 Å². The molecule has 2 heterocycles. The molecule has 0 spiro atoms. The van der Waals surface area contributed by atoms with Crippen molar-refractivity contribution in [2.24, 2.45) is 18.5 Å². The lowest BCUT2D eigenvalue weighted by Crippen LogP contribution is -2.55. The molecule has 0 unspecified atom stereocenters. The van der Waals surface area contributed by atoms with Gasteiger partial charge in [-0.05, 0) is 31.0 Å². The minimum absolute atomic E-state index is 0.0141. The molecule has 0 radical (unpaired) electrons. The summed E-state index contributed by atoms with van der Waals surface area (Å²) < 4.78 is 29.7. The summed E-state index contributed by atoms with van der Waals surface area (Å²) >= 11 is 0. The van der Waals surface area contributed by atoms with Crippen LogP contribution < -0.4 is 22.1 Å². The largest absolute Gasteiger partial charge is 0.364 e. The van der Waals surface area contributed by atoms with E-state index in [0.717, 1.165) is 10.9 Å². The highest BCUT2D eigenvalue weighted by Gasteiger charge is 2.45. The predicted octanol–water partition coefficient (Wildman–Crippen LogP) is 2.00. The van der Waals surface area contributed by atoms with Gasteiger partial charge in [0, 0.05) is 30.7 Å². The van der Waals surface area contributed by atoms with Crippen LogP contribution in [0.2, 0.25) is 0 Å². The number of nitrogens with two attached hydrogens (primary N) is 2. The van der Waals surface area contributed by atoms with Crippen molar-refractivity contribution in [1.82, 2.24) is 19.7 Å². The lowest BCUT2D eigenvalue weighted by Gasteiger charge is -2.35. The Balaban J connectivity index is 1.64. The number of nitrogens with zero attached hydrogens (tertiary/aromatic N) is 5. The molecule has 1 aliphatic carbocycles. The van der Waals surface area contributed by atoms with Crippen LogP contribution in [0.1, 0.15) is 35.3 Å². The van der Waals surface area contributed by atoms with Crippen LogP contribution in [0, 0.1) is 11.3 Å². The molecular formula is C20H21F2N9O. The first-order valence-corrected chi connectivity index (χ1v) is 9.90. The number of hydrogen-bond donors (Lipinski definition) is 4. The number of amides is 1. The van der Waals surface area contributed by atoms with Crippen LogP contribution in [0.25, 0.3) is 10.9 Å². The molecule has 4 rings (SSSR count). The van der Waals surface area contributed by atoms with Crippen molar-refractivity contribution >= 4 is 34.3 Å². The SMILES string of the molecule is Cn1cc(C#N)c2ccc(Nc3nc(N[C@@H]4CCCC(F)(F)[C@@H]4N)nnc3C(N)=O)cc21. The van der Waals surface area contributed by atoms with E-state index in [1.165, 1.54) is 0 Å². The number of aromatic nitrogens is 4. The summed E-state index contributed by atoms with van der Waals surface area (Å²) in [5, 5.41) is 23.4. The Morgan fingerprint density at radius 3 is 2.88 bits per heavy atom. The Kier molecular flexibility index (Phi) is 5.35. The molecule has 1 saturated carbocycles. The van der Waals surface area contributed by atoms with Crippen LogP contribution in [0.4, 0.5) is 26.2 Å². The third-order valence-corrected chi connectivity index (χ3v) is 5.55. The van der Waals surface area contributed by atoms with Gasteiger partial charge in [0.05, 0.1) is 23.2 Å². The molecule has 10 nitrogen and oxygen atoms in total. The molecule has 0 saturated heterocycles. The van der Waals surface area contributed by atoms with Gasteiger partial charge in [-0.3, -0.25) is 4.79 Å². The molecule has 1 aromatic carbocycles. The van der Waals surface area contributed by atoms with Gasteiger partial charge in [-0.2, -0.15) is 10.2 Å². The molecule has 3 aromatic rings. The van der Waals surface area contributed by atoms with Crippen molar-refractivity contribution in [2.45, 2.75) is 37.3 Å². The van der Waals surface area contributed by atoms with E-state index in [2.05, 4.69) is 31.9 Å². The highest BCUT2D eigenvalue weighted by Crippen LogP contribution is 2.33. The maximum absolute atomic E-state index is 14.0. The van der Waals surface area contributed by atoms with E-state index in [-0.39, 0.29) is 23.9 Å². The van der Waals surface area contributed by atoms with E-state index in [1.54, 1.807) is 36.0 Å². The molecule has 1 aliphatic rings. The molecule has 166 valence electrons. The fraction of sp³-hybridized carbons (Fsp3) is 0.350. The number of halogens is 2. The van der Waals surface area contributed by atoms with Crippen LogP contribution in [0.5, 0.6) is 0 Å². The second kappa shape index (κ2) is 8.01. The number of benzene rings is 1. The van der Waals surface area contributed by atoms with Gasteiger partial charge in [-0.15, -0.1) is 10.2 Å². The Morgan fingerprint density at radius 1 is 1.38 bits per heavy atom. The summed E-state index contributed by atoms with van der Waals surface area (Å²) in [5.74, 6) is -3.89. The third kappa shape index (κ3) is 3.90. The summed E-state index contributed by atoms with van der Waals surface area (Å²) in [6.07, 6.45) is 2.16. The Hall–Kier alpha value is -3.85. The van der Waals surface area contributed by atoms with Gasteiger partial charge in [-0.1, -0.05) is 0 Å². The minimum atomic E-state index is -3.00. The summed E-state index contributed by atoms with van der Waals surface area (Å²) in [6.45, 7) is 0. The van der Waals surface area contributed by atoms with Crippen molar-refractivity contribution in [3.63, 3.8) is 0 Å². The first-order valence-electron chi connectivity index (χ1n) is 9.90. The molecular weight excluding hydrogens is 420 g/mol. The summed E-state index contributed by atoms with van der Waals surface area (Å²) in [6, 6.07) is 5.22. The fourth-order valence-corrected chi connectivity index (χ4v) is 3.85. The number of fused-ring (bicyclic) bond motifs is 1. The van der Waals surface area contributed by atoms with Crippen molar-refractivity contribution in [3.8, 4) is 6.07 Å². The number of anilines is 3. The van der Waals surface area contributed by atoms with Gasteiger partial charge >= 0.3 is 0 Å². The standard InChI is InChI=1S/C20H21F2N9O/c1-31-9-10(8-23)12-5-4-11(7-14(12)31)26-18-15(17(25)32)29-30-19(28-18)27-13-3-2-6-20(21,22)16(13)24/h4-5,7,9,13,16H,2-3,6,24H2,1H3,(H2,25,32)(H2,26,27,28,30)/t13-,16-/m1/s1.